The number of hydrazone groups is 2. The number of hydrogen-bond donors (Lipinski definition) is 4. The molecule has 0 aliphatic rings. The number of benzene rings is 3. The van der Waals surface area contributed by atoms with Gasteiger partial charge in [-0.05, 0) is 36.4 Å². The van der Waals surface area contributed by atoms with Gasteiger partial charge in [-0.3, -0.25) is 10.9 Å². The normalized spacial score (nSPS) is 11.4. The molecule has 0 spiro atoms. The maximum atomic E-state index is 9.89. The summed E-state index contributed by atoms with van der Waals surface area (Å²) >= 11 is 11.9. The summed E-state index contributed by atoms with van der Waals surface area (Å²) in [6, 6.07) is 16.8. The van der Waals surface area contributed by atoms with E-state index in [1.165, 1.54) is 24.6 Å². The molecule has 0 fully saturated rings. The van der Waals surface area contributed by atoms with Gasteiger partial charge in [0, 0.05) is 31.9 Å². The van der Waals surface area contributed by atoms with E-state index in [0.717, 1.165) is 10.8 Å². The number of fused-ring (bicyclic) bond motifs is 1. The third-order valence-corrected chi connectivity index (χ3v) is 4.88. The summed E-state index contributed by atoms with van der Waals surface area (Å²) in [6.45, 7) is 0. The Hall–Kier alpha value is -3.88. The molecule has 4 N–H and O–H groups in total. The molecule has 3 aromatic carbocycles. The predicted molar refractivity (Wildman–Crippen MR) is 128 cm³/mol. The van der Waals surface area contributed by atoms with Gasteiger partial charge in [-0.1, -0.05) is 47.5 Å². The van der Waals surface area contributed by atoms with E-state index in [9.17, 15) is 10.2 Å². The molecule has 0 aliphatic heterocycles. The second kappa shape index (κ2) is 9.51. The summed E-state index contributed by atoms with van der Waals surface area (Å²) < 4.78 is 0. The van der Waals surface area contributed by atoms with Crippen molar-refractivity contribution in [3.63, 3.8) is 0 Å². The highest BCUT2D eigenvalue weighted by atomic mass is 35.5. The van der Waals surface area contributed by atoms with Crippen LogP contribution in [0.15, 0.2) is 70.9 Å². The smallest absolute Gasteiger partial charge is 0.176 e. The Morgan fingerprint density at radius 2 is 1.12 bits per heavy atom. The highest BCUT2D eigenvalue weighted by molar-refractivity contribution is 6.31. The summed E-state index contributed by atoms with van der Waals surface area (Å²) in [7, 11) is 0. The van der Waals surface area contributed by atoms with Gasteiger partial charge in [0.1, 0.15) is 11.5 Å². The monoisotopic (exact) mass is 466 g/mol. The Balaban J connectivity index is 1.56. The van der Waals surface area contributed by atoms with Crippen molar-refractivity contribution >= 4 is 58.0 Å². The van der Waals surface area contributed by atoms with E-state index >= 15 is 0 Å². The Kier molecular flexibility index (Phi) is 6.34. The number of phenols is 2. The standard InChI is InChI=1S/C22H16Cl2N6O2/c23-15-5-7-19(31)13(9-15)11-25-27-21-17-3-1-2-4-18(17)22(30-29-21)28-26-12-14-10-16(24)6-8-20(14)32/h1-12,31-32H,(H,27,29)(H,28,30)/b25-11-,26-12+. The van der Waals surface area contributed by atoms with Crippen molar-refractivity contribution in [2.45, 2.75) is 0 Å². The lowest BCUT2D eigenvalue weighted by atomic mass is 10.2. The van der Waals surface area contributed by atoms with Gasteiger partial charge in [0.25, 0.3) is 0 Å². The molecule has 0 atom stereocenters. The molecular weight excluding hydrogens is 451 g/mol. The molecule has 4 rings (SSSR count). The average Bonchev–Trinajstić information content (AvgIpc) is 2.79. The first kappa shape index (κ1) is 21.4. The molecule has 0 bridgehead atoms. The first-order chi connectivity index (χ1) is 15.5. The highest BCUT2D eigenvalue weighted by Crippen LogP contribution is 2.26. The van der Waals surface area contributed by atoms with Gasteiger partial charge in [-0.25, -0.2) is 0 Å². The molecular formula is C22H16Cl2N6O2. The quantitative estimate of drug-likeness (QED) is 0.228. The maximum absolute atomic E-state index is 9.89. The zero-order valence-electron chi connectivity index (χ0n) is 16.4. The molecule has 4 aromatic rings. The van der Waals surface area contributed by atoms with Gasteiger partial charge in [-0.15, -0.1) is 10.2 Å². The van der Waals surface area contributed by atoms with E-state index in [1.807, 2.05) is 24.3 Å². The minimum Gasteiger partial charge on any atom is -0.507 e. The number of halogens is 2. The van der Waals surface area contributed by atoms with Crippen LogP contribution in [0, 0.1) is 0 Å². The molecule has 10 heteroatoms. The average molecular weight is 467 g/mol. The topological polar surface area (TPSA) is 115 Å². The van der Waals surface area contributed by atoms with Gasteiger partial charge < -0.3 is 10.2 Å². The number of nitrogens with one attached hydrogen (secondary N) is 2. The third kappa shape index (κ3) is 4.88. The minimum absolute atomic E-state index is 0.0547. The zero-order valence-corrected chi connectivity index (χ0v) is 17.9. The van der Waals surface area contributed by atoms with Crippen LogP contribution in [-0.2, 0) is 0 Å². The van der Waals surface area contributed by atoms with Gasteiger partial charge in [-0.2, -0.15) is 10.2 Å². The van der Waals surface area contributed by atoms with Gasteiger partial charge >= 0.3 is 0 Å². The molecule has 0 aliphatic carbocycles. The fraction of sp³-hybridized carbons (Fsp3) is 0. The number of nitrogens with zero attached hydrogens (tertiary/aromatic N) is 4. The summed E-state index contributed by atoms with van der Waals surface area (Å²) in [5.74, 6) is 0.943. The van der Waals surface area contributed by atoms with Crippen LogP contribution in [0.4, 0.5) is 11.6 Å². The van der Waals surface area contributed by atoms with Crippen molar-refractivity contribution < 1.29 is 10.2 Å². The highest BCUT2D eigenvalue weighted by Gasteiger charge is 2.08. The first-order valence-corrected chi connectivity index (χ1v) is 10.1. The van der Waals surface area contributed by atoms with Crippen molar-refractivity contribution in [2.24, 2.45) is 10.2 Å². The Labute approximate surface area is 192 Å². The van der Waals surface area contributed by atoms with Crippen molar-refractivity contribution in [2.75, 3.05) is 10.9 Å². The Bertz CT molecular complexity index is 1240. The molecule has 0 unspecified atom stereocenters. The lowest BCUT2D eigenvalue weighted by Crippen LogP contribution is -2.01. The summed E-state index contributed by atoms with van der Waals surface area (Å²) in [5.41, 5.74) is 6.58. The summed E-state index contributed by atoms with van der Waals surface area (Å²) in [4.78, 5) is 0. The Morgan fingerprint density at radius 3 is 1.56 bits per heavy atom. The number of hydrogen-bond acceptors (Lipinski definition) is 8. The minimum atomic E-state index is 0.0547. The van der Waals surface area contributed by atoms with E-state index in [1.54, 1.807) is 24.3 Å². The number of aromatic hydroxyl groups is 2. The van der Waals surface area contributed by atoms with Gasteiger partial charge in [0.05, 0.1) is 12.4 Å². The van der Waals surface area contributed by atoms with Crippen LogP contribution in [0.1, 0.15) is 11.1 Å². The molecule has 1 aromatic heterocycles. The lowest BCUT2D eigenvalue weighted by Gasteiger charge is -2.08. The molecule has 8 nitrogen and oxygen atoms in total. The van der Waals surface area contributed by atoms with E-state index in [4.69, 9.17) is 23.2 Å². The number of rotatable bonds is 6. The van der Waals surface area contributed by atoms with Crippen molar-refractivity contribution in [3.8, 4) is 11.5 Å². The van der Waals surface area contributed by atoms with Crippen LogP contribution in [0.2, 0.25) is 10.0 Å². The van der Waals surface area contributed by atoms with Crippen molar-refractivity contribution in [1.29, 1.82) is 0 Å². The second-order valence-electron chi connectivity index (χ2n) is 6.59. The Morgan fingerprint density at radius 1 is 0.688 bits per heavy atom. The van der Waals surface area contributed by atoms with Crippen LogP contribution in [0.3, 0.4) is 0 Å². The molecule has 0 amide bonds. The predicted octanol–water partition coefficient (Wildman–Crippen LogP) is 5.24. The van der Waals surface area contributed by atoms with Crippen LogP contribution in [0.25, 0.3) is 10.8 Å². The van der Waals surface area contributed by atoms with Crippen LogP contribution in [-0.4, -0.2) is 32.8 Å². The molecule has 1 heterocycles. The van der Waals surface area contributed by atoms with E-state index in [2.05, 4.69) is 31.3 Å². The van der Waals surface area contributed by atoms with Crippen molar-refractivity contribution in [1.82, 2.24) is 10.2 Å². The fourth-order valence-electron chi connectivity index (χ4n) is 2.85. The summed E-state index contributed by atoms with van der Waals surface area (Å²) in [6.07, 6.45) is 2.87. The zero-order chi connectivity index (χ0) is 22.5. The summed E-state index contributed by atoms with van der Waals surface area (Å²) in [5, 5.41) is 38.8. The number of anilines is 2. The second-order valence-corrected chi connectivity index (χ2v) is 7.46. The van der Waals surface area contributed by atoms with E-state index in [-0.39, 0.29) is 11.5 Å². The number of phenolic OH excluding ortho intramolecular Hbond substituents is 2. The van der Waals surface area contributed by atoms with Crippen molar-refractivity contribution in [3.05, 3.63) is 81.8 Å². The number of aromatic nitrogens is 2. The largest absolute Gasteiger partial charge is 0.507 e. The van der Waals surface area contributed by atoms with Gasteiger partial charge in [0.15, 0.2) is 11.6 Å². The van der Waals surface area contributed by atoms with Crippen LogP contribution in [0.5, 0.6) is 11.5 Å². The maximum Gasteiger partial charge on any atom is 0.176 e. The molecule has 0 saturated carbocycles. The molecule has 0 radical (unpaired) electrons. The van der Waals surface area contributed by atoms with Crippen LogP contribution >= 0.6 is 23.2 Å². The molecule has 0 saturated heterocycles. The van der Waals surface area contributed by atoms with E-state index in [0.29, 0.717) is 32.8 Å². The molecule has 160 valence electrons. The van der Waals surface area contributed by atoms with Gasteiger partial charge in [0.2, 0.25) is 0 Å². The van der Waals surface area contributed by atoms with Crippen LogP contribution < -0.4 is 10.9 Å². The third-order valence-electron chi connectivity index (χ3n) is 4.41. The fourth-order valence-corrected chi connectivity index (χ4v) is 3.21. The first-order valence-electron chi connectivity index (χ1n) is 9.32. The lowest BCUT2D eigenvalue weighted by molar-refractivity contribution is 0.474. The van der Waals surface area contributed by atoms with E-state index < -0.39 is 0 Å². The molecule has 32 heavy (non-hydrogen) atoms. The SMILES string of the molecule is Oc1ccc(Cl)cc1/C=N\Nc1nnc(N/N=C/c2cc(Cl)ccc2O)c2ccccc12.